The zero-order valence-corrected chi connectivity index (χ0v) is 12.8. The first kappa shape index (κ1) is 15.0. The van der Waals surface area contributed by atoms with Crippen molar-refractivity contribution in [2.45, 2.75) is 13.8 Å². The summed E-state index contributed by atoms with van der Waals surface area (Å²) >= 11 is 4.79. The minimum Gasteiger partial charge on any atom is -0.376 e. The van der Waals surface area contributed by atoms with Crippen molar-refractivity contribution >= 4 is 34.6 Å². The van der Waals surface area contributed by atoms with Gasteiger partial charge in [-0.1, -0.05) is 18.2 Å². The number of nitrogens with two attached hydrogens (primary N) is 1. The SMILES string of the molecule is Cc1cccc(NC(=O)c2cccc(NC(N)=S)c2)c1C. The Morgan fingerprint density at radius 2 is 1.81 bits per heavy atom. The van der Waals surface area contributed by atoms with E-state index in [1.54, 1.807) is 24.3 Å². The minimum atomic E-state index is -0.171. The maximum absolute atomic E-state index is 12.3. The Morgan fingerprint density at radius 1 is 1.10 bits per heavy atom. The van der Waals surface area contributed by atoms with E-state index >= 15 is 0 Å². The summed E-state index contributed by atoms with van der Waals surface area (Å²) in [6.45, 7) is 3.99. The number of aryl methyl sites for hydroxylation is 1. The van der Waals surface area contributed by atoms with Crippen LogP contribution in [0.4, 0.5) is 11.4 Å². The molecule has 2 aromatic rings. The number of carbonyl (C=O) groups excluding carboxylic acids is 1. The van der Waals surface area contributed by atoms with Gasteiger partial charge in [-0.2, -0.15) is 0 Å². The second-order valence-corrected chi connectivity index (χ2v) is 5.21. The molecule has 21 heavy (non-hydrogen) atoms. The van der Waals surface area contributed by atoms with Crippen molar-refractivity contribution in [2.75, 3.05) is 10.6 Å². The standard InChI is InChI=1S/C16H17N3OS/c1-10-5-3-8-14(11(10)2)19-15(20)12-6-4-7-13(9-12)18-16(17)21/h3-9H,1-2H3,(H,19,20)(H3,17,18,21). The van der Waals surface area contributed by atoms with Gasteiger partial charge >= 0.3 is 0 Å². The molecule has 2 rings (SSSR count). The zero-order valence-electron chi connectivity index (χ0n) is 11.9. The number of benzene rings is 2. The molecule has 5 heteroatoms. The maximum Gasteiger partial charge on any atom is 0.255 e. The van der Waals surface area contributed by atoms with Gasteiger partial charge in [-0.05, 0) is 61.5 Å². The number of hydrogen-bond donors (Lipinski definition) is 3. The molecular formula is C16H17N3OS. The Morgan fingerprint density at radius 3 is 2.52 bits per heavy atom. The van der Waals surface area contributed by atoms with Gasteiger partial charge in [-0.25, -0.2) is 0 Å². The molecule has 4 N–H and O–H groups in total. The smallest absolute Gasteiger partial charge is 0.255 e. The summed E-state index contributed by atoms with van der Waals surface area (Å²) < 4.78 is 0. The monoisotopic (exact) mass is 299 g/mol. The number of rotatable bonds is 3. The number of carbonyl (C=O) groups is 1. The summed E-state index contributed by atoms with van der Waals surface area (Å²) in [7, 11) is 0. The van der Waals surface area contributed by atoms with Crippen LogP contribution in [0.5, 0.6) is 0 Å². The number of amides is 1. The lowest BCUT2D eigenvalue weighted by Crippen LogP contribution is -2.19. The predicted octanol–water partition coefficient (Wildman–Crippen LogP) is 3.21. The Balaban J connectivity index is 2.20. The number of thiocarbonyl (C=S) groups is 1. The van der Waals surface area contributed by atoms with Crippen molar-refractivity contribution in [3.8, 4) is 0 Å². The number of nitrogens with one attached hydrogen (secondary N) is 2. The van der Waals surface area contributed by atoms with Gasteiger partial charge in [0.25, 0.3) is 5.91 Å². The van der Waals surface area contributed by atoms with Gasteiger partial charge in [0.05, 0.1) is 0 Å². The van der Waals surface area contributed by atoms with Gasteiger partial charge in [0, 0.05) is 16.9 Å². The number of hydrogen-bond acceptors (Lipinski definition) is 2. The summed E-state index contributed by atoms with van der Waals surface area (Å²) in [4.78, 5) is 12.3. The molecule has 0 spiro atoms. The third-order valence-corrected chi connectivity index (χ3v) is 3.35. The Hall–Kier alpha value is -2.40. The summed E-state index contributed by atoms with van der Waals surface area (Å²) in [5.74, 6) is -0.171. The van der Waals surface area contributed by atoms with E-state index in [1.807, 2.05) is 32.0 Å². The molecule has 0 heterocycles. The van der Waals surface area contributed by atoms with Gasteiger partial charge in [0.15, 0.2) is 5.11 Å². The van der Waals surface area contributed by atoms with Gasteiger partial charge < -0.3 is 16.4 Å². The van der Waals surface area contributed by atoms with Crippen molar-refractivity contribution in [1.82, 2.24) is 0 Å². The largest absolute Gasteiger partial charge is 0.376 e. The highest BCUT2D eigenvalue weighted by molar-refractivity contribution is 7.80. The van der Waals surface area contributed by atoms with Crippen molar-refractivity contribution in [3.05, 3.63) is 59.2 Å². The molecule has 108 valence electrons. The van der Waals surface area contributed by atoms with Crippen LogP contribution in [0.25, 0.3) is 0 Å². The summed E-state index contributed by atoms with van der Waals surface area (Å²) in [5, 5.41) is 5.90. The summed E-state index contributed by atoms with van der Waals surface area (Å²) in [5.41, 5.74) is 9.67. The van der Waals surface area contributed by atoms with Crippen LogP contribution in [0.3, 0.4) is 0 Å². The molecule has 2 aromatic carbocycles. The van der Waals surface area contributed by atoms with Crippen LogP contribution >= 0.6 is 12.2 Å². The molecule has 0 unspecified atom stereocenters. The fraction of sp³-hybridized carbons (Fsp3) is 0.125. The molecule has 4 nitrogen and oxygen atoms in total. The third-order valence-electron chi connectivity index (χ3n) is 3.25. The molecule has 0 fully saturated rings. The van der Waals surface area contributed by atoms with Crippen LogP contribution in [0.2, 0.25) is 0 Å². The molecular weight excluding hydrogens is 282 g/mol. The Labute approximate surface area is 129 Å². The van der Waals surface area contributed by atoms with E-state index < -0.39 is 0 Å². The van der Waals surface area contributed by atoms with Crippen molar-refractivity contribution < 1.29 is 4.79 Å². The Bertz CT molecular complexity index is 698. The van der Waals surface area contributed by atoms with E-state index in [9.17, 15) is 4.79 Å². The van der Waals surface area contributed by atoms with Crippen LogP contribution in [0, 0.1) is 13.8 Å². The quantitative estimate of drug-likeness (QED) is 0.761. The van der Waals surface area contributed by atoms with Gasteiger partial charge in [0.2, 0.25) is 0 Å². The fourth-order valence-corrected chi connectivity index (χ4v) is 2.08. The second-order valence-electron chi connectivity index (χ2n) is 4.77. The van der Waals surface area contributed by atoms with E-state index in [4.69, 9.17) is 18.0 Å². The maximum atomic E-state index is 12.3. The molecule has 0 saturated heterocycles. The van der Waals surface area contributed by atoms with Crippen LogP contribution in [-0.2, 0) is 0 Å². The lowest BCUT2D eigenvalue weighted by Gasteiger charge is -2.11. The fourth-order valence-electron chi connectivity index (χ4n) is 1.96. The normalized spacial score (nSPS) is 10.0. The predicted molar refractivity (Wildman–Crippen MR) is 90.7 cm³/mol. The highest BCUT2D eigenvalue weighted by Crippen LogP contribution is 2.19. The van der Waals surface area contributed by atoms with Crippen LogP contribution in [0.15, 0.2) is 42.5 Å². The second kappa shape index (κ2) is 6.37. The first-order valence-electron chi connectivity index (χ1n) is 6.51. The molecule has 0 radical (unpaired) electrons. The van der Waals surface area contributed by atoms with E-state index in [0.717, 1.165) is 16.8 Å². The van der Waals surface area contributed by atoms with Gasteiger partial charge in [0.1, 0.15) is 0 Å². The summed E-state index contributed by atoms with van der Waals surface area (Å²) in [6, 6.07) is 12.8. The van der Waals surface area contributed by atoms with Crippen molar-refractivity contribution in [3.63, 3.8) is 0 Å². The molecule has 0 bridgehead atoms. The molecule has 0 aliphatic rings. The van der Waals surface area contributed by atoms with E-state index in [-0.39, 0.29) is 11.0 Å². The van der Waals surface area contributed by atoms with Crippen molar-refractivity contribution in [2.24, 2.45) is 5.73 Å². The highest BCUT2D eigenvalue weighted by atomic mass is 32.1. The van der Waals surface area contributed by atoms with E-state index in [1.165, 1.54) is 0 Å². The molecule has 0 saturated carbocycles. The topological polar surface area (TPSA) is 67.2 Å². The van der Waals surface area contributed by atoms with Crippen LogP contribution in [0.1, 0.15) is 21.5 Å². The van der Waals surface area contributed by atoms with E-state index in [2.05, 4.69) is 10.6 Å². The van der Waals surface area contributed by atoms with Crippen molar-refractivity contribution in [1.29, 1.82) is 0 Å². The summed E-state index contributed by atoms with van der Waals surface area (Å²) in [6.07, 6.45) is 0. The number of anilines is 2. The molecule has 0 aromatic heterocycles. The Kier molecular flexibility index (Phi) is 4.55. The van der Waals surface area contributed by atoms with Crippen LogP contribution < -0.4 is 16.4 Å². The van der Waals surface area contributed by atoms with Gasteiger partial charge in [-0.15, -0.1) is 0 Å². The zero-order chi connectivity index (χ0) is 15.4. The average Bonchev–Trinajstić information content (AvgIpc) is 2.43. The molecule has 0 aliphatic carbocycles. The molecule has 0 aliphatic heterocycles. The first-order valence-corrected chi connectivity index (χ1v) is 6.92. The lowest BCUT2D eigenvalue weighted by molar-refractivity contribution is 0.102. The minimum absolute atomic E-state index is 0.169. The lowest BCUT2D eigenvalue weighted by atomic mass is 10.1. The average molecular weight is 299 g/mol. The first-order chi connectivity index (χ1) is 9.97. The molecule has 1 amide bonds. The molecule has 0 atom stereocenters. The van der Waals surface area contributed by atoms with E-state index in [0.29, 0.717) is 11.3 Å². The van der Waals surface area contributed by atoms with Crippen LogP contribution in [-0.4, -0.2) is 11.0 Å². The third kappa shape index (κ3) is 3.79. The van der Waals surface area contributed by atoms with Gasteiger partial charge in [-0.3, -0.25) is 4.79 Å². The highest BCUT2D eigenvalue weighted by Gasteiger charge is 2.09.